The number of aliphatic hydroxyl groups is 1. The number of carbonyl (C=O) groups excluding carboxylic acids is 2. The van der Waals surface area contributed by atoms with Crippen molar-refractivity contribution in [1.29, 1.82) is 0 Å². The maximum Gasteiger partial charge on any atom is 0.472 e. The van der Waals surface area contributed by atoms with E-state index in [4.69, 9.17) is 18.5 Å². The molecule has 0 aliphatic carbocycles. The summed E-state index contributed by atoms with van der Waals surface area (Å²) >= 11 is 0. The second-order valence-corrected chi connectivity index (χ2v) is 17.0. The molecule has 0 radical (unpaired) electrons. The minimum atomic E-state index is -4.39. The molecular formula is C43H81NO9P+. The minimum Gasteiger partial charge on any atom is -0.462 e. The monoisotopic (exact) mass is 787 g/mol. The Hall–Kier alpha value is -1.81. The van der Waals surface area contributed by atoms with Crippen molar-refractivity contribution in [3.05, 3.63) is 36.5 Å². The van der Waals surface area contributed by atoms with Crippen LogP contribution in [0.3, 0.4) is 0 Å². The number of esters is 2. The molecule has 0 saturated carbocycles. The predicted octanol–water partition coefficient (Wildman–Crippen LogP) is 10.7. The molecule has 0 aromatic heterocycles. The Labute approximate surface area is 330 Å². The fourth-order valence-corrected chi connectivity index (χ4v) is 6.38. The molecular weight excluding hydrogens is 705 g/mol. The fourth-order valence-electron chi connectivity index (χ4n) is 5.64. The van der Waals surface area contributed by atoms with Crippen molar-refractivity contribution in [3.63, 3.8) is 0 Å². The summed E-state index contributed by atoms with van der Waals surface area (Å²) in [6, 6.07) is 0. The van der Waals surface area contributed by atoms with Gasteiger partial charge in [0, 0.05) is 12.8 Å². The molecule has 0 bridgehead atoms. The van der Waals surface area contributed by atoms with E-state index in [0.717, 1.165) is 57.8 Å². The summed E-state index contributed by atoms with van der Waals surface area (Å²) in [6.07, 6.45) is 35.2. The highest BCUT2D eigenvalue weighted by Gasteiger charge is 2.27. The van der Waals surface area contributed by atoms with Crippen LogP contribution in [0.2, 0.25) is 0 Å². The van der Waals surface area contributed by atoms with Crippen molar-refractivity contribution in [3.8, 4) is 0 Å². The molecule has 3 atom stereocenters. The van der Waals surface area contributed by atoms with E-state index in [-0.39, 0.29) is 26.1 Å². The third-order valence-electron chi connectivity index (χ3n) is 9.01. The van der Waals surface area contributed by atoms with Crippen molar-refractivity contribution >= 4 is 19.8 Å². The normalized spacial score (nSPS) is 14.6. The van der Waals surface area contributed by atoms with E-state index < -0.39 is 38.6 Å². The topological polar surface area (TPSA) is 129 Å². The quantitative estimate of drug-likeness (QED) is 0.0157. The van der Waals surface area contributed by atoms with Gasteiger partial charge in [-0.15, -0.1) is 0 Å². The number of phosphoric ester groups is 1. The number of aliphatic hydroxyl groups excluding tert-OH is 1. The number of allylic oxidation sites excluding steroid dienone is 4. The van der Waals surface area contributed by atoms with E-state index in [0.29, 0.717) is 30.3 Å². The summed E-state index contributed by atoms with van der Waals surface area (Å²) in [5.41, 5.74) is 0. The molecule has 0 heterocycles. The standard InChI is InChI=1S/C43H80NO9P/c1-6-8-10-11-12-13-14-15-16-17-20-24-27-31-35-43(47)53-41(39-52-54(48,49)51-37-36-44(3,4)5)38-50-42(46)34-30-26-23-21-18-19-22-25-29-33-40(45)32-28-9-7-2/h9,22,25,28-29,33,40-41,45H,6-8,10-21,23-24,26-27,30-32,34-39H2,1-5H3/p+1/b25-22+,28-9+,33-29+/t40?,41-/m1/s1. The van der Waals surface area contributed by atoms with Crippen LogP contribution in [0.5, 0.6) is 0 Å². The molecule has 0 spiro atoms. The number of quaternary nitrogens is 1. The first-order chi connectivity index (χ1) is 25.9. The fraction of sp³-hybridized carbons (Fsp3) is 0.814. The van der Waals surface area contributed by atoms with Gasteiger partial charge in [0.15, 0.2) is 6.10 Å². The molecule has 0 aromatic carbocycles. The van der Waals surface area contributed by atoms with Gasteiger partial charge in [0.05, 0.1) is 33.9 Å². The highest BCUT2D eigenvalue weighted by Crippen LogP contribution is 2.43. The number of unbranched alkanes of at least 4 members (excludes halogenated alkanes) is 18. The zero-order chi connectivity index (χ0) is 40.2. The molecule has 0 fully saturated rings. The molecule has 11 heteroatoms. The third-order valence-corrected chi connectivity index (χ3v) is 10.00. The van der Waals surface area contributed by atoms with Crippen molar-refractivity contribution in [2.24, 2.45) is 0 Å². The number of hydrogen-bond acceptors (Lipinski definition) is 8. The van der Waals surface area contributed by atoms with Gasteiger partial charge in [0.25, 0.3) is 0 Å². The van der Waals surface area contributed by atoms with Crippen molar-refractivity contribution in [2.75, 3.05) is 47.5 Å². The van der Waals surface area contributed by atoms with Crippen molar-refractivity contribution in [2.45, 2.75) is 180 Å². The van der Waals surface area contributed by atoms with Gasteiger partial charge in [-0.05, 0) is 38.5 Å². The maximum absolute atomic E-state index is 12.7. The number of carbonyl (C=O) groups is 2. The predicted molar refractivity (Wildman–Crippen MR) is 221 cm³/mol. The van der Waals surface area contributed by atoms with Gasteiger partial charge < -0.3 is 24.0 Å². The smallest absolute Gasteiger partial charge is 0.462 e. The molecule has 0 saturated heterocycles. The van der Waals surface area contributed by atoms with Gasteiger partial charge in [-0.2, -0.15) is 0 Å². The van der Waals surface area contributed by atoms with Crippen LogP contribution in [0.1, 0.15) is 168 Å². The van der Waals surface area contributed by atoms with Crippen LogP contribution in [0.15, 0.2) is 36.5 Å². The van der Waals surface area contributed by atoms with Crippen molar-refractivity contribution in [1.82, 2.24) is 0 Å². The van der Waals surface area contributed by atoms with Crippen LogP contribution in [0.25, 0.3) is 0 Å². The summed E-state index contributed by atoms with van der Waals surface area (Å²) in [5, 5.41) is 9.87. The van der Waals surface area contributed by atoms with Gasteiger partial charge in [-0.3, -0.25) is 18.6 Å². The summed E-state index contributed by atoms with van der Waals surface area (Å²) < 4.78 is 34.2. The lowest BCUT2D eigenvalue weighted by molar-refractivity contribution is -0.870. The number of rotatable bonds is 38. The van der Waals surface area contributed by atoms with Crippen LogP contribution in [-0.2, 0) is 32.7 Å². The Kier molecular flexibility index (Phi) is 34.4. The summed E-state index contributed by atoms with van der Waals surface area (Å²) in [7, 11) is 1.43. The summed E-state index contributed by atoms with van der Waals surface area (Å²) in [6.45, 7) is 4.17. The molecule has 0 rings (SSSR count). The number of nitrogens with zero attached hydrogens (tertiary/aromatic N) is 1. The number of ether oxygens (including phenoxy) is 2. The second kappa shape index (κ2) is 35.6. The summed E-state index contributed by atoms with van der Waals surface area (Å²) in [4.78, 5) is 35.3. The SMILES string of the molecule is CC/C=C/CC(O)/C=C/C=C/CCCCCCCC(=O)OC[C@H](COP(=O)(O)OCC[N+](C)(C)C)OC(=O)CCCCCCCCCCCCCCCC. The number of likely N-dealkylation sites (N-methyl/N-ethyl adjacent to an activating group) is 1. The Morgan fingerprint density at radius 3 is 1.76 bits per heavy atom. The third kappa shape index (κ3) is 38.5. The Balaban J connectivity index is 4.43. The van der Waals surface area contributed by atoms with E-state index in [1.165, 1.54) is 64.2 Å². The van der Waals surface area contributed by atoms with Gasteiger partial charge >= 0.3 is 19.8 Å². The zero-order valence-corrected chi connectivity index (χ0v) is 36.0. The molecule has 0 aliphatic heterocycles. The molecule has 316 valence electrons. The van der Waals surface area contributed by atoms with E-state index in [1.807, 2.05) is 39.4 Å². The van der Waals surface area contributed by atoms with E-state index in [1.54, 1.807) is 6.08 Å². The van der Waals surface area contributed by atoms with Gasteiger partial charge in [0.1, 0.15) is 19.8 Å². The molecule has 10 nitrogen and oxygen atoms in total. The van der Waals surface area contributed by atoms with Gasteiger partial charge in [-0.25, -0.2) is 4.57 Å². The van der Waals surface area contributed by atoms with Crippen LogP contribution in [0.4, 0.5) is 0 Å². The van der Waals surface area contributed by atoms with E-state index >= 15 is 0 Å². The molecule has 54 heavy (non-hydrogen) atoms. The van der Waals surface area contributed by atoms with Crippen LogP contribution in [-0.4, -0.2) is 86.1 Å². The van der Waals surface area contributed by atoms with Crippen LogP contribution in [0, 0.1) is 0 Å². The first-order valence-corrected chi connectivity index (χ1v) is 22.8. The van der Waals surface area contributed by atoms with Gasteiger partial charge in [0.2, 0.25) is 0 Å². The average molecular weight is 787 g/mol. The van der Waals surface area contributed by atoms with E-state index in [2.05, 4.69) is 26.0 Å². The average Bonchev–Trinajstić information content (AvgIpc) is 3.11. The largest absolute Gasteiger partial charge is 0.472 e. The Morgan fingerprint density at radius 2 is 1.20 bits per heavy atom. The second-order valence-electron chi connectivity index (χ2n) is 15.6. The highest BCUT2D eigenvalue weighted by molar-refractivity contribution is 7.47. The Bertz CT molecular complexity index is 1040. The molecule has 2 N–H and O–H groups in total. The van der Waals surface area contributed by atoms with Crippen LogP contribution >= 0.6 is 7.82 Å². The minimum absolute atomic E-state index is 0.0202. The van der Waals surface area contributed by atoms with E-state index in [9.17, 15) is 24.2 Å². The summed E-state index contributed by atoms with van der Waals surface area (Å²) in [5.74, 6) is -0.850. The van der Waals surface area contributed by atoms with Crippen LogP contribution < -0.4 is 0 Å². The first kappa shape index (κ1) is 52.2. The lowest BCUT2D eigenvalue weighted by Crippen LogP contribution is -2.37. The molecule has 0 aliphatic rings. The molecule has 0 aromatic rings. The molecule has 0 amide bonds. The van der Waals surface area contributed by atoms with Gasteiger partial charge in [-0.1, -0.05) is 153 Å². The number of hydrogen-bond donors (Lipinski definition) is 2. The number of phosphoric acid groups is 1. The highest BCUT2D eigenvalue weighted by atomic mass is 31.2. The van der Waals surface area contributed by atoms with Crippen molar-refractivity contribution < 1.29 is 47.2 Å². The lowest BCUT2D eigenvalue weighted by atomic mass is 10.0. The molecule has 2 unspecified atom stereocenters. The first-order valence-electron chi connectivity index (χ1n) is 21.3. The lowest BCUT2D eigenvalue weighted by Gasteiger charge is -2.24. The Morgan fingerprint density at radius 1 is 0.667 bits per heavy atom. The zero-order valence-electron chi connectivity index (χ0n) is 35.1. The maximum atomic E-state index is 12.7.